The van der Waals surface area contributed by atoms with Crippen LogP contribution in [0.1, 0.15) is 5.56 Å². The van der Waals surface area contributed by atoms with Crippen LogP contribution in [0, 0.1) is 6.92 Å². The van der Waals surface area contributed by atoms with Crippen molar-refractivity contribution < 1.29 is 0 Å². The number of hydrogen-bond acceptors (Lipinski definition) is 3. The van der Waals surface area contributed by atoms with Gasteiger partial charge in [0, 0.05) is 51.1 Å². The highest BCUT2D eigenvalue weighted by atomic mass is 15.2. The lowest BCUT2D eigenvalue weighted by Crippen LogP contribution is -2.41. The van der Waals surface area contributed by atoms with Gasteiger partial charge in [-0.1, -0.05) is 181 Å². The second kappa shape index (κ2) is 17.4. The Hall–Kier alpha value is -8.34. The summed E-state index contributed by atoms with van der Waals surface area (Å²) in [4.78, 5) is 4.80. The molecule has 1 radical (unpaired) electrons. The molecule has 10 aromatic rings. The summed E-state index contributed by atoms with van der Waals surface area (Å²) < 4.78 is 0. The van der Waals surface area contributed by atoms with Crippen molar-refractivity contribution in [3.05, 3.63) is 254 Å². The highest BCUT2D eigenvalue weighted by molar-refractivity contribution is 6.73. The Morgan fingerprint density at radius 1 is 0.385 bits per heavy atom. The summed E-state index contributed by atoms with van der Waals surface area (Å²) in [5, 5.41) is 3.96. The van der Waals surface area contributed by atoms with Gasteiger partial charge in [0.2, 0.25) is 0 Å². The topological polar surface area (TPSA) is 18.5 Å². The molecule has 1 N–H and O–H groups in total. The zero-order chi connectivity index (χ0) is 43.5. The van der Waals surface area contributed by atoms with Gasteiger partial charge in [-0.15, -0.1) is 0 Å². The van der Waals surface area contributed by atoms with E-state index in [4.69, 9.17) is 0 Å². The Kier molecular flexibility index (Phi) is 10.6. The minimum atomic E-state index is 1.01. The quantitative estimate of drug-likeness (QED) is 0.139. The maximum atomic E-state index is 3.96. The molecule has 1 heterocycles. The number of benzene rings is 10. The molecule has 0 spiro atoms. The molecule has 10 aromatic carbocycles. The van der Waals surface area contributed by atoms with E-state index in [0.29, 0.717) is 0 Å². The van der Waals surface area contributed by atoms with Crippen molar-refractivity contribution in [2.75, 3.05) is 15.1 Å². The number of fused-ring (bicyclic) bond motifs is 2. The first-order valence-electron chi connectivity index (χ1n) is 22.2. The maximum Gasteiger partial charge on any atom is 0.197 e. The molecule has 4 heteroatoms. The van der Waals surface area contributed by atoms with Gasteiger partial charge in [-0.25, -0.2) is 0 Å². The molecule has 0 fully saturated rings. The average Bonchev–Trinajstić information content (AvgIpc) is 3.37. The number of aryl methyl sites for hydroxylation is 1. The van der Waals surface area contributed by atoms with Gasteiger partial charge in [0.25, 0.3) is 0 Å². The summed E-state index contributed by atoms with van der Waals surface area (Å²) >= 11 is 0. The van der Waals surface area contributed by atoms with Crippen LogP contribution in [-0.4, -0.2) is 7.28 Å². The zero-order valence-electron chi connectivity index (χ0n) is 36.1. The predicted octanol–water partition coefficient (Wildman–Crippen LogP) is 15.3. The Balaban J connectivity index is 1.11. The molecule has 65 heavy (non-hydrogen) atoms. The van der Waals surface area contributed by atoms with Gasteiger partial charge in [0.05, 0.1) is 0 Å². The van der Waals surface area contributed by atoms with Crippen LogP contribution in [0.15, 0.2) is 249 Å². The Morgan fingerprint density at radius 2 is 0.923 bits per heavy atom. The van der Waals surface area contributed by atoms with E-state index in [-0.39, 0.29) is 0 Å². The van der Waals surface area contributed by atoms with Gasteiger partial charge in [-0.2, -0.15) is 0 Å². The monoisotopic (exact) mass is 830 g/mol. The number of rotatable bonds is 10. The van der Waals surface area contributed by atoms with Crippen LogP contribution in [0.4, 0.5) is 45.5 Å². The minimum Gasteiger partial charge on any atom is -0.355 e. The van der Waals surface area contributed by atoms with Crippen molar-refractivity contribution in [2.45, 2.75) is 6.92 Å². The van der Waals surface area contributed by atoms with E-state index in [9.17, 15) is 0 Å². The van der Waals surface area contributed by atoms with E-state index < -0.39 is 0 Å². The maximum absolute atomic E-state index is 3.96. The Bertz CT molecular complexity index is 3220. The third-order valence-electron chi connectivity index (χ3n) is 12.3. The van der Waals surface area contributed by atoms with Crippen LogP contribution in [0.25, 0.3) is 44.5 Å². The molecule has 0 aromatic heterocycles. The molecule has 0 saturated carbocycles. The number of anilines is 8. The Morgan fingerprint density at radius 3 is 1.54 bits per heavy atom. The zero-order valence-corrected chi connectivity index (χ0v) is 36.1. The van der Waals surface area contributed by atoms with Crippen LogP contribution >= 0.6 is 0 Å². The lowest BCUT2D eigenvalue weighted by Gasteiger charge is -2.36. The fourth-order valence-electron chi connectivity index (χ4n) is 9.20. The first-order chi connectivity index (χ1) is 32.1. The number of para-hydroxylation sites is 2. The Labute approximate surface area is 382 Å². The first-order valence-corrected chi connectivity index (χ1v) is 22.2. The molecule has 11 rings (SSSR count). The molecular weight excluding hydrogens is 786 g/mol. The summed E-state index contributed by atoms with van der Waals surface area (Å²) in [6.45, 7) is 2.22. The van der Waals surface area contributed by atoms with E-state index in [0.717, 1.165) is 73.1 Å². The molecule has 1 aliphatic heterocycles. The van der Waals surface area contributed by atoms with E-state index in [1.165, 1.54) is 33.4 Å². The second-order valence-corrected chi connectivity index (χ2v) is 16.6. The van der Waals surface area contributed by atoms with Gasteiger partial charge in [0.15, 0.2) is 7.28 Å². The SMILES string of the molecule is Cc1cc(-c2ccc(N(c3ccccc3)c3ccccc3)cc2Nc2cccc(-c3ccccc3)c2)c2c(c1)N(c1cccc(-c3ccccc3)c1)c1cc(-c3ccccc3)ccc1[B]2. The van der Waals surface area contributed by atoms with Crippen LogP contribution in [0.5, 0.6) is 0 Å². The molecule has 0 bridgehead atoms. The molecule has 307 valence electrons. The fraction of sp³-hybridized carbons (Fsp3) is 0.0164. The van der Waals surface area contributed by atoms with Gasteiger partial charge >= 0.3 is 0 Å². The van der Waals surface area contributed by atoms with E-state index in [2.05, 4.69) is 278 Å². The molecule has 0 unspecified atom stereocenters. The van der Waals surface area contributed by atoms with Gasteiger partial charge in [-0.3, -0.25) is 0 Å². The number of hydrogen-bond donors (Lipinski definition) is 1. The van der Waals surface area contributed by atoms with E-state index in [1.54, 1.807) is 0 Å². The smallest absolute Gasteiger partial charge is 0.197 e. The van der Waals surface area contributed by atoms with Crippen molar-refractivity contribution in [1.82, 2.24) is 0 Å². The van der Waals surface area contributed by atoms with Crippen LogP contribution in [-0.2, 0) is 0 Å². The van der Waals surface area contributed by atoms with Crippen molar-refractivity contribution in [2.24, 2.45) is 0 Å². The third-order valence-corrected chi connectivity index (χ3v) is 12.3. The third kappa shape index (κ3) is 7.99. The highest BCUT2D eigenvalue weighted by Crippen LogP contribution is 2.44. The number of nitrogens with one attached hydrogen (secondary N) is 1. The van der Waals surface area contributed by atoms with E-state index >= 15 is 0 Å². The molecular formula is C61H45BN3. The summed E-state index contributed by atoms with van der Waals surface area (Å²) in [7, 11) is 2.39. The average molecular weight is 831 g/mol. The summed E-state index contributed by atoms with van der Waals surface area (Å²) in [5.74, 6) is 0. The van der Waals surface area contributed by atoms with Crippen LogP contribution in [0.2, 0.25) is 0 Å². The normalized spacial score (nSPS) is 11.6. The second-order valence-electron chi connectivity index (χ2n) is 16.6. The molecule has 1 aliphatic rings. The van der Waals surface area contributed by atoms with Gasteiger partial charge in [-0.05, 0) is 130 Å². The molecule has 3 nitrogen and oxygen atoms in total. The van der Waals surface area contributed by atoms with Crippen LogP contribution in [0.3, 0.4) is 0 Å². The predicted molar refractivity (Wildman–Crippen MR) is 277 cm³/mol. The molecule has 0 atom stereocenters. The summed E-state index contributed by atoms with van der Waals surface area (Å²) in [6.07, 6.45) is 0. The lowest BCUT2D eigenvalue weighted by atomic mass is 9.58. The molecule has 0 amide bonds. The largest absolute Gasteiger partial charge is 0.355 e. The van der Waals surface area contributed by atoms with Gasteiger partial charge < -0.3 is 15.1 Å². The first kappa shape index (κ1) is 39.5. The van der Waals surface area contributed by atoms with Crippen LogP contribution < -0.4 is 26.0 Å². The van der Waals surface area contributed by atoms with Crippen molar-refractivity contribution in [3.63, 3.8) is 0 Å². The molecule has 0 aliphatic carbocycles. The minimum absolute atomic E-state index is 1.01. The standard InChI is InChI=1S/C61H45BN3/c1-43-37-56(61-60(38-43)65(53-32-18-26-48(40-53)45-21-9-3-10-22-45)59-41-49(33-36-57(59)62-61)46-23-11-4-12-24-46)55-35-34-54(64(51-28-13-5-14-29-51)52-30-15-6-16-31-52)42-58(55)63-50-27-17-25-47(39-50)44-19-7-2-8-20-44/h2-42,63H,1H3. The fourth-order valence-corrected chi connectivity index (χ4v) is 9.20. The van der Waals surface area contributed by atoms with Crippen molar-refractivity contribution in [3.8, 4) is 44.5 Å². The van der Waals surface area contributed by atoms with E-state index in [1.807, 2.05) is 0 Å². The van der Waals surface area contributed by atoms with Crippen molar-refractivity contribution in [1.29, 1.82) is 0 Å². The molecule has 0 saturated heterocycles. The van der Waals surface area contributed by atoms with Gasteiger partial charge in [0.1, 0.15) is 0 Å². The highest BCUT2D eigenvalue weighted by Gasteiger charge is 2.29. The van der Waals surface area contributed by atoms with Crippen molar-refractivity contribution >= 4 is 63.7 Å². The lowest BCUT2D eigenvalue weighted by molar-refractivity contribution is 1.28. The summed E-state index contributed by atoms with van der Waals surface area (Å²) in [5.41, 5.74) is 21.5. The summed E-state index contributed by atoms with van der Waals surface area (Å²) in [6, 6.07) is 89.3. The number of nitrogens with zero attached hydrogens (tertiary/aromatic N) is 2.